The van der Waals surface area contributed by atoms with Crippen molar-refractivity contribution in [2.24, 2.45) is 0 Å². The molecule has 18 heavy (non-hydrogen) atoms. The molecule has 2 rings (SSSR count). The van der Waals surface area contributed by atoms with Crippen LogP contribution in [0.4, 0.5) is 0 Å². The van der Waals surface area contributed by atoms with E-state index in [-0.39, 0.29) is 0 Å². The first-order valence-electron chi connectivity index (χ1n) is 6.31. The number of hydrogen-bond acceptors (Lipinski definition) is 1. The van der Waals surface area contributed by atoms with E-state index < -0.39 is 0 Å². The second kappa shape index (κ2) is 6.46. The van der Waals surface area contributed by atoms with Gasteiger partial charge in [-0.05, 0) is 48.7 Å². The van der Waals surface area contributed by atoms with Crippen LogP contribution in [-0.4, -0.2) is 0 Å². The van der Waals surface area contributed by atoms with E-state index in [1.807, 2.05) is 36.4 Å². The van der Waals surface area contributed by atoms with Crippen molar-refractivity contribution in [1.82, 2.24) is 0 Å². The lowest BCUT2D eigenvalue weighted by atomic mass is 10.1. The van der Waals surface area contributed by atoms with Crippen molar-refractivity contribution in [2.45, 2.75) is 26.2 Å². The summed E-state index contributed by atoms with van der Waals surface area (Å²) in [5.74, 6) is 1.76. The molecule has 0 saturated carbocycles. The van der Waals surface area contributed by atoms with E-state index in [0.29, 0.717) is 0 Å². The topological polar surface area (TPSA) is 9.23 Å². The van der Waals surface area contributed by atoms with Gasteiger partial charge in [0.25, 0.3) is 0 Å². The molecular formula is C16H17ClO. The van der Waals surface area contributed by atoms with E-state index in [4.69, 9.17) is 16.3 Å². The molecular weight excluding hydrogens is 244 g/mol. The van der Waals surface area contributed by atoms with Gasteiger partial charge in [-0.15, -0.1) is 0 Å². The minimum atomic E-state index is 0.724. The molecule has 2 aromatic rings. The second-order valence-electron chi connectivity index (χ2n) is 4.27. The molecule has 0 aliphatic rings. The Bertz CT molecular complexity index is 491. The van der Waals surface area contributed by atoms with Gasteiger partial charge in [0, 0.05) is 5.02 Å². The van der Waals surface area contributed by atoms with Gasteiger partial charge in [-0.2, -0.15) is 0 Å². The summed E-state index contributed by atoms with van der Waals surface area (Å²) in [6, 6.07) is 15.6. The Morgan fingerprint density at radius 3 is 2.44 bits per heavy atom. The highest BCUT2D eigenvalue weighted by Gasteiger charge is 2.03. The molecule has 0 aliphatic heterocycles. The summed E-state index contributed by atoms with van der Waals surface area (Å²) >= 11 is 5.86. The SMILES string of the molecule is CCCCc1ccccc1Oc1ccc(Cl)cc1. The van der Waals surface area contributed by atoms with Crippen LogP contribution in [0.25, 0.3) is 0 Å². The van der Waals surface area contributed by atoms with E-state index >= 15 is 0 Å². The number of hydrogen-bond donors (Lipinski definition) is 0. The summed E-state index contributed by atoms with van der Waals surface area (Å²) in [5, 5.41) is 0.724. The molecule has 0 radical (unpaired) electrons. The number of aryl methyl sites for hydroxylation is 1. The molecule has 1 nitrogen and oxygen atoms in total. The molecule has 0 unspecified atom stereocenters. The molecule has 2 aromatic carbocycles. The second-order valence-corrected chi connectivity index (χ2v) is 4.70. The summed E-state index contributed by atoms with van der Waals surface area (Å²) in [6.07, 6.45) is 3.43. The monoisotopic (exact) mass is 260 g/mol. The van der Waals surface area contributed by atoms with Crippen LogP contribution in [0.3, 0.4) is 0 Å². The van der Waals surface area contributed by atoms with Gasteiger partial charge in [0.05, 0.1) is 0 Å². The predicted molar refractivity (Wildman–Crippen MR) is 76.6 cm³/mol. The fourth-order valence-corrected chi connectivity index (χ4v) is 1.93. The van der Waals surface area contributed by atoms with Gasteiger partial charge in [0.1, 0.15) is 11.5 Å². The maximum atomic E-state index is 5.90. The first-order valence-corrected chi connectivity index (χ1v) is 6.68. The minimum Gasteiger partial charge on any atom is -0.457 e. The normalized spacial score (nSPS) is 10.3. The molecule has 94 valence electrons. The van der Waals surface area contributed by atoms with Crippen molar-refractivity contribution >= 4 is 11.6 Å². The summed E-state index contributed by atoms with van der Waals surface area (Å²) in [6.45, 7) is 2.20. The highest BCUT2D eigenvalue weighted by Crippen LogP contribution is 2.27. The fraction of sp³-hybridized carbons (Fsp3) is 0.250. The molecule has 0 bridgehead atoms. The average Bonchev–Trinajstić information content (AvgIpc) is 2.40. The summed E-state index contributed by atoms with van der Waals surface area (Å²) in [4.78, 5) is 0. The van der Waals surface area contributed by atoms with Gasteiger partial charge in [-0.1, -0.05) is 43.1 Å². The number of halogens is 1. The standard InChI is InChI=1S/C16H17ClO/c1-2-3-6-13-7-4-5-8-16(13)18-15-11-9-14(17)10-12-15/h4-5,7-12H,2-3,6H2,1H3. The highest BCUT2D eigenvalue weighted by molar-refractivity contribution is 6.30. The Balaban J connectivity index is 2.15. The zero-order valence-corrected chi connectivity index (χ0v) is 11.3. The predicted octanol–water partition coefficient (Wildman–Crippen LogP) is 5.47. The van der Waals surface area contributed by atoms with E-state index in [1.54, 1.807) is 0 Å². The zero-order chi connectivity index (χ0) is 12.8. The van der Waals surface area contributed by atoms with Crippen LogP contribution in [0.1, 0.15) is 25.3 Å². The maximum absolute atomic E-state index is 5.90. The van der Waals surface area contributed by atoms with Gasteiger partial charge in [-0.25, -0.2) is 0 Å². The van der Waals surface area contributed by atoms with Crippen LogP contribution < -0.4 is 4.74 Å². The lowest BCUT2D eigenvalue weighted by molar-refractivity contribution is 0.475. The molecule has 0 saturated heterocycles. The Kier molecular flexibility index (Phi) is 4.66. The summed E-state index contributed by atoms with van der Waals surface area (Å²) in [7, 11) is 0. The smallest absolute Gasteiger partial charge is 0.130 e. The molecule has 0 atom stereocenters. The van der Waals surface area contributed by atoms with E-state index in [0.717, 1.165) is 22.9 Å². The third-order valence-corrected chi connectivity index (χ3v) is 3.07. The molecule has 0 fully saturated rings. The molecule has 0 aliphatic carbocycles. The van der Waals surface area contributed by atoms with Crippen LogP contribution in [-0.2, 0) is 6.42 Å². The van der Waals surface area contributed by atoms with Crippen LogP contribution in [0, 0.1) is 0 Å². The van der Waals surface area contributed by atoms with E-state index in [1.165, 1.54) is 18.4 Å². The number of rotatable bonds is 5. The summed E-state index contributed by atoms with van der Waals surface area (Å²) < 4.78 is 5.90. The van der Waals surface area contributed by atoms with Crippen LogP contribution in [0.5, 0.6) is 11.5 Å². The van der Waals surface area contributed by atoms with Crippen molar-refractivity contribution in [3.63, 3.8) is 0 Å². The first kappa shape index (κ1) is 13.0. The van der Waals surface area contributed by atoms with Crippen molar-refractivity contribution in [1.29, 1.82) is 0 Å². The fourth-order valence-electron chi connectivity index (χ4n) is 1.81. The van der Waals surface area contributed by atoms with Gasteiger partial charge in [0.2, 0.25) is 0 Å². The van der Waals surface area contributed by atoms with Crippen molar-refractivity contribution in [3.05, 3.63) is 59.1 Å². The molecule has 0 spiro atoms. The number of unbranched alkanes of at least 4 members (excludes halogenated alkanes) is 1. The Morgan fingerprint density at radius 2 is 1.72 bits per heavy atom. The van der Waals surface area contributed by atoms with Crippen LogP contribution >= 0.6 is 11.6 Å². The number of ether oxygens (including phenoxy) is 1. The molecule has 0 heterocycles. The lowest BCUT2D eigenvalue weighted by Gasteiger charge is -2.10. The third kappa shape index (κ3) is 3.51. The van der Waals surface area contributed by atoms with Crippen molar-refractivity contribution in [2.75, 3.05) is 0 Å². The van der Waals surface area contributed by atoms with E-state index in [2.05, 4.69) is 19.1 Å². The van der Waals surface area contributed by atoms with Crippen molar-refractivity contribution < 1.29 is 4.74 Å². The molecule has 0 aromatic heterocycles. The Hall–Kier alpha value is -1.47. The lowest BCUT2D eigenvalue weighted by Crippen LogP contribution is -1.91. The van der Waals surface area contributed by atoms with E-state index in [9.17, 15) is 0 Å². The zero-order valence-electron chi connectivity index (χ0n) is 10.5. The largest absolute Gasteiger partial charge is 0.457 e. The Labute approximate surface area is 113 Å². The highest BCUT2D eigenvalue weighted by atomic mass is 35.5. The number of para-hydroxylation sites is 1. The minimum absolute atomic E-state index is 0.724. The first-order chi connectivity index (χ1) is 8.79. The molecule has 0 amide bonds. The van der Waals surface area contributed by atoms with Crippen LogP contribution in [0.2, 0.25) is 5.02 Å². The quantitative estimate of drug-likeness (QED) is 0.692. The number of benzene rings is 2. The van der Waals surface area contributed by atoms with Gasteiger partial charge < -0.3 is 4.74 Å². The summed E-state index contributed by atoms with van der Waals surface area (Å²) in [5.41, 5.74) is 1.26. The maximum Gasteiger partial charge on any atom is 0.130 e. The third-order valence-electron chi connectivity index (χ3n) is 2.81. The van der Waals surface area contributed by atoms with Crippen LogP contribution in [0.15, 0.2) is 48.5 Å². The molecule has 2 heteroatoms. The van der Waals surface area contributed by atoms with Gasteiger partial charge in [-0.3, -0.25) is 0 Å². The van der Waals surface area contributed by atoms with Gasteiger partial charge in [0.15, 0.2) is 0 Å². The molecule has 0 N–H and O–H groups in total. The van der Waals surface area contributed by atoms with Crippen molar-refractivity contribution in [3.8, 4) is 11.5 Å². The van der Waals surface area contributed by atoms with Gasteiger partial charge >= 0.3 is 0 Å². The average molecular weight is 261 g/mol. The Morgan fingerprint density at radius 1 is 1.00 bits per heavy atom.